The van der Waals surface area contributed by atoms with Crippen LogP contribution in [0, 0.1) is 11.6 Å². The highest BCUT2D eigenvalue weighted by atomic mass is 19.1. The molecule has 4 aromatic rings. The second-order valence-electron chi connectivity index (χ2n) is 8.75. The van der Waals surface area contributed by atoms with Crippen molar-refractivity contribution in [1.29, 1.82) is 0 Å². The summed E-state index contributed by atoms with van der Waals surface area (Å²) in [5, 5.41) is 16.0. The Hall–Kier alpha value is -3.63. The highest BCUT2D eigenvalue weighted by Gasteiger charge is 2.43. The summed E-state index contributed by atoms with van der Waals surface area (Å²) < 4.78 is 37.3. The Labute approximate surface area is 201 Å². The number of halogens is 2. The summed E-state index contributed by atoms with van der Waals surface area (Å²) in [6.45, 7) is 3.53. The van der Waals surface area contributed by atoms with Gasteiger partial charge in [0.25, 0.3) is 0 Å². The van der Waals surface area contributed by atoms with Crippen LogP contribution in [-0.2, 0) is 25.2 Å². The standard InChI is InChI=1S/C25H26F2N6O2/c1-17(25(34,14-33-16-28-15-29-33)21-8-5-19(26)11-22(21)27)31-9-10-32-12-23(30-24(32)13-31)18-3-6-20(35-2)7-4-18/h3-8,11-12,15-17,34H,9-10,13-14H2,1-2H3/t17-,25-/m1/s1. The third-order valence-electron chi connectivity index (χ3n) is 6.72. The average molecular weight is 481 g/mol. The topological polar surface area (TPSA) is 81.2 Å². The van der Waals surface area contributed by atoms with Crippen LogP contribution in [0.4, 0.5) is 8.78 Å². The summed E-state index contributed by atoms with van der Waals surface area (Å²) in [5.41, 5.74) is 0.136. The molecule has 0 amide bonds. The number of fused-ring (bicyclic) bond motifs is 1. The lowest BCUT2D eigenvalue weighted by molar-refractivity contribution is -0.0709. The van der Waals surface area contributed by atoms with Gasteiger partial charge < -0.3 is 14.4 Å². The molecule has 1 aliphatic rings. The molecule has 35 heavy (non-hydrogen) atoms. The van der Waals surface area contributed by atoms with Crippen LogP contribution in [0.3, 0.4) is 0 Å². The third kappa shape index (κ3) is 4.42. The van der Waals surface area contributed by atoms with E-state index in [1.165, 1.54) is 23.4 Å². The van der Waals surface area contributed by atoms with Crippen molar-refractivity contribution in [2.75, 3.05) is 13.7 Å². The first-order valence-corrected chi connectivity index (χ1v) is 11.3. The lowest BCUT2D eigenvalue weighted by atomic mass is 9.85. The average Bonchev–Trinajstić information content (AvgIpc) is 3.52. The number of methoxy groups -OCH3 is 1. The number of aromatic nitrogens is 5. The van der Waals surface area contributed by atoms with Gasteiger partial charge in [-0.1, -0.05) is 6.07 Å². The van der Waals surface area contributed by atoms with Crippen LogP contribution in [0.5, 0.6) is 5.75 Å². The fourth-order valence-corrected chi connectivity index (χ4v) is 4.65. The predicted molar refractivity (Wildman–Crippen MR) is 124 cm³/mol. The highest BCUT2D eigenvalue weighted by molar-refractivity contribution is 5.59. The minimum absolute atomic E-state index is 0.00902. The first-order valence-electron chi connectivity index (χ1n) is 11.3. The Morgan fingerprint density at radius 2 is 1.94 bits per heavy atom. The smallest absolute Gasteiger partial charge is 0.137 e. The number of rotatable bonds is 7. The number of imidazole rings is 1. The second kappa shape index (κ2) is 9.20. The third-order valence-corrected chi connectivity index (χ3v) is 6.72. The fourth-order valence-electron chi connectivity index (χ4n) is 4.65. The molecule has 8 nitrogen and oxygen atoms in total. The highest BCUT2D eigenvalue weighted by Crippen LogP contribution is 2.34. The maximum atomic E-state index is 14.9. The van der Waals surface area contributed by atoms with E-state index in [1.807, 2.05) is 37.4 Å². The van der Waals surface area contributed by atoms with Gasteiger partial charge in [-0.3, -0.25) is 4.90 Å². The normalized spacial score (nSPS) is 16.5. The molecule has 0 fully saturated rings. The summed E-state index contributed by atoms with van der Waals surface area (Å²) >= 11 is 0. The molecule has 10 heteroatoms. The van der Waals surface area contributed by atoms with Gasteiger partial charge in [-0.05, 0) is 37.3 Å². The molecule has 5 rings (SSSR count). The van der Waals surface area contributed by atoms with Gasteiger partial charge in [-0.15, -0.1) is 0 Å². The van der Waals surface area contributed by atoms with E-state index in [9.17, 15) is 13.9 Å². The summed E-state index contributed by atoms with van der Waals surface area (Å²) in [7, 11) is 1.63. The van der Waals surface area contributed by atoms with Crippen molar-refractivity contribution in [1.82, 2.24) is 29.2 Å². The van der Waals surface area contributed by atoms with Crippen LogP contribution in [0.2, 0.25) is 0 Å². The van der Waals surface area contributed by atoms with Gasteiger partial charge in [-0.25, -0.2) is 23.4 Å². The number of benzene rings is 2. The Bertz CT molecular complexity index is 1310. The van der Waals surface area contributed by atoms with Crippen molar-refractivity contribution < 1.29 is 18.6 Å². The Morgan fingerprint density at radius 3 is 2.63 bits per heavy atom. The van der Waals surface area contributed by atoms with Crippen molar-refractivity contribution in [3.8, 4) is 17.0 Å². The number of ether oxygens (including phenoxy) is 1. The van der Waals surface area contributed by atoms with Crippen LogP contribution >= 0.6 is 0 Å². The molecule has 1 N–H and O–H groups in total. The first kappa shape index (κ1) is 23.1. The molecule has 2 aromatic carbocycles. The van der Waals surface area contributed by atoms with Crippen LogP contribution in [0.15, 0.2) is 61.3 Å². The van der Waals surface area contributed by atoms with Gasteiger partial charge >= 0.3 is 0 Å². The lowest BCUT2D eigenvalue weighted by Crippen LogP contribution is -2.53. The molecular formula is C25H26F2N6O2. The molecule has 0 bridgehead atoms. The molecule has 0 aliphatic carbocycles. The molecule has 0 spiro atoms. The van der Waals surface area contributed by atoms with E-state index >= 15 is 0 Å². The maximum absolute atomic E-state index is 14.9. The van der Waals surface area contributed by atoms with E-state index < -0.39 is 23.3 Å². The van der Waals surface area contributed by atoms with Crippen molar-refractivity contribution >= 4 is 0 Å². The second-order valence-corrected chi connectivity index (χ2v) is 8.75. The molecule has 0 unspecified atom stereocenters. The quantitative estimate of drug-likeness (QED) is 0.438. The monoisotopic (exact) mass is 480 g/mol. The Kier molecular flexibility index (Phi) is 6.08. The number of aliphatic hydroxyl groups is 1. The van der Waals surface area contributed by atoms with Gasteiger partial charge in [0.1, 0.15) is 41.5 Å². The van der Waals surface area contributed by atoms with Gasteiger partial charge in [0, 0.05) is 42.5 Å². The van der Waals surface area contributed by atoms with E-state index in [-0.39, 0.29) is 12.1 Å². The van der Waals surface area contributed by atoms with Crippen molar-refractivity contribution in [3.05, 3.63) is 84.3 Å². The molecule has 182 valence electrons. The fraction of sp³-hybridized carbons (Fsp3) is 0.320. The van der Waals surface area contributed by atoms with E-state index in [1.54, 1.807) is 7.11 Å². The van der Waals surface area contributed by atoms with E-state index in [0.29, 0.717) is 19.6 Å². The molecule has 0 saturated heterocycles. The van der Waals surface area contributed by atoms with Crippen LogP contribution in [0.25, 0.3) is 11.3 Å². The maximum Gasteiger partial charge on any atom is 0.137 e. The Morgan fingerprint density at radius 1 is 1.14 bits per heavy atom. The molecule has 3 heterocycles. The lowest BCUT2D eigenvalue weighted by Gasteiger charge is -2.42. The number of nitrogens with zero attached hydrogens (tertiary/aromatic N) is 6. The molecule has 2 aromatic heterocycles. The van der Waals surface area contributed by atoms with Crippen molar-refractivity contribution in [2.45, 2.75) is 38.2 Å². The molecule has 0 radical (unpaired) electrons. The van der Waals surface area contributed by atoms with Crippen LogP contribution < -0.4 is 4.74 Å². The van der Waals surface area contributed by atoms with Crippen molar-refractivity contribution in [2.24, 2.45) is 0 Å². The van der Waals surface area contributed by atoms with Crippen molar-refractivity contribution in [3.63, 3.8) is 0 Å². The van der Waals surface area contributed by atoms with Crippen LogP contribution in [-0.4, -0.2) is 54.0 Å². The number of hydrogen-bond donors (Lipinski definition) is 1. The molecular weight excluding hydrogens is 454 g/mol. The zero-order chi connectivity index (χ0) is 24.6. The molecule has 2 atom stereocenters. The minimum Gasteiger partial charge on any atom is -0.497 e. The van der Waals surface area contributed by atoms with Gasteiger partial charge in [0.15, 0.2) is 0 Å². The zero-order valence-corrected chi connectivity index (χ0v) is 19.5. The summed E-state index contributed by atoms with van der Waals surface area (Å²) in [4.78, 5) is 10.8. The molecule has 0 saturated carbocycles. The van der Waals surface area contributed by atoms with Gasteiger partial charge in [0.05, 0.1) is 25.9 Å². The van der Waals surface area contributed by atoms with E-state index in [4.69, 9.17) is 9.72 Å². The molecule has 1 aliphatic heterocycles. The first-order chi connectivity index (χ1) is 16.9. The van der Waals surface area contributed by atoms with E-state index in [0.717, 1.165) is 35.0 Å². The SMILES string of the molecule is COc1ccc(-c2cn3c(n2)CN([C@H](C)[C@](O)(Cn2cncn2)c2ccc(F)cc2F)CC3)cc1. The van der Waals surface area contributed by atoms with Gasteiger partial charge in [-0.2, -0.15) is 5.10 Å². The summed E-state index contributed by atoms with van der Waals surface area (Å²) in [6.07, 6.45) is 4.83. The largest absolute Gasteiger partial charge is 0.497 e. The van der Waals surface area contributed by atoms with E-state index in [2.05, 4.69) is 19.5 Å². The predicted octanol–water partition coefficient (Wildman–Crippen LogP) is 3.22. The minimum atomic E-state index is -1.70. The Balaban J connectivity index is 1.44. The van der Waals surface area contributed by atoms with Crippen LogP contribution in [0.1, 0.15) is 18.3 Å². The summed E-state index contributed by atoms with van der Waals surface area (Å²) in [5.74, 6) is 0.113. The van der Waals surface area contributed by atoms with Gasteiger partial charge in [0.2, 0.25) is 0 Å². The number of hydrogen-bond acceptors (Lipinski definition) is 6. The summed E-state index contributed by atoms with van der Waals surface area (Å²) in [6, 6.07) is 10.4. The zero-order valence-electron chi connectivity index (χ0n) is 19.5.